The molecule has 0 saturated carbocycles. The summed E-state index contributed by atoms with van der Waals surface area (Å²) in [6, 6.07) is 0. The van der Waals surface area contributed by atoms with E-state index in [4.69, 9.17) is 11.3 Å². The minimum atomic E-state index is -0.876. The number of rotatable bonds is 4. The van der Waals surface area contributed by atoms with E-state index in [0.717, 1.165) is 0 Å². The van der Waals surface area contributed by atoms with Crippen molar-refractivity contribution in [3.8, 4) is 12.3 Å². The third-order valence-corrected chi connectivity index (χ3v) is 3.01. The van der Waals surface area contributed by atoms with Gasteiger partial charge in [0.25, 0.3) is 11.8 Å². The molecule has 0 unspecified atom stereocenters. The number of terminal acetylenes is 1. The van der Waals surface area contributed by atoms with Gasteiger partial charge >= 0.3 is 5.97 Å². The SMILES string of the molecule is C#CC(C)(C)CC(C)(C)C(=O)ON1C(=O)CCC1=O. The highest BCUT2D eigenvalue weighted by Crippen LogP contribution is 2.34. The normalized spacial score (nSPS) is 16.5. The number of carbonyl (C=O) groups is 3. The van der Waals surface area contributed by atoms with Gasteiger partial charge in [-0.15, -0.1) is 17.4 Å². The van der Waals surface area contributed by atoms with Crippen molar-refractivity contribution >= 4 is 17.8 Å². The van der Waals surface area contributed by atoms with Gasteiger partial charge in [-0.3, -0.25) is 9.59 Å². The number of hydrogen-bond donors (Lipinski definition) is 0. The van der Waals surface area contributed by atoms with Gasteiger partial charge in [0.2, 0.25) is 0 Å². The summed E-state index contributed by atoms with van der Waals surface area (Å²) >= 11 is 0. The molecule has 0 atom stereocenters. The molecule has 0 spiro atoms. The third kappa shape index (κ3) is 3.57. The fourth-order valence-corrected chi connectivity index (χ4v) is 2.09. The molecule has 1 rings (SSSR count). The molecule has 1 fully saturated rings. The Morgan fingerprint density at radius 3 is 2.16 bits per heavy atom. The number of hydrogen-bond acceptors (Lipinski definition) is 4. The molecule has 1 heterocycles. The average molecular weight is 265 g/mol. The lowest BCUT2D eigenvalue weighted by molar-refractivity contribution is -0.204. The second-order valence-electron chi connectivity index (χ2n) is 6.05. The van der Waals surface area contributed by atoms with E-state index in [2.05, 4.69) is 5.92 Å². The predicted octanol–water partition coefficient (Wildman–Crippen LogP) is 1.67. The van der Waals surface area contributed by atoms with Crippen LogP contribution < -0.4 is 0 Å². The standard InChI is InChI=1S/C14H19NO4/c1-6-13(2,3)9-14(4,5)12(18)19-15-10(16)7-8-11(15)17/h1H,7-9H2,2-5H3. The quantitative estimate of drug-likeness (QED) is 0.573. The summed E-state index contributed by atoms with van der Waals surface area (Å²) in [4.78, 5) is 39.8. The van der Waals surface area contributed by atoms with E-state index in [9.17, 15) is 14.4 Å². The van der Waals surface area contributed by atoms with Crippen molar-refractivity contribution < 1.29 is 19.2 Å². The molecule has 0 aromatic rings. The minimum Gasteiger partial charge on any atom is -0.330 e. The van der Waals surface area contributed by atoms with Gasteiger partial charge in [0.05, 0.1) is 5.41 Å². The molecule has 104 valence electrons. The van der Waals surface area contributed by atoms with E-state index in [1.54, 1.807) is 13.8 Å². The summed E-state index contributed by atoms with van der Waals surface area (Å²) in [6.45, 7) is 7.04. The molecule has 1 saturated heterocycles. The second kappa shape index (κ2) is 5.04. The van der Waals surface area contributed by atoms with Crippen LogP contribution in [-0.2, 0) is 19.2 Å². The molecule has 0 N–H and O–H groups in total. The van der Waals surface area contributed by atoms with E-state index in [0.29, 0.717) is 11.5 Å². The molecule has 0 radical (unpaired) electrons. The number of imide groups is 1. The fourth-order valence-electron chi connectivity index (χ4n) is 2.09. The Morgan fingerprint density at radius 2 is 1.74 bits per heavy atom. The molecule has 5 heteroatoms. The zero-order chi connectivity index (χ0) is 14.8. The number of nitrogens with zero attached hydrogens (tertiary/aromatic N) is 1. The molecule has 5 nitrogen and oxygen atoms in total. The first kappa shape index (κ1) is 15.2. The summed E-state index contributed by atoms with van der Waals surface area (Å²) in [7, 11) is 0. The summed E-state index contributed by atoms with van der Waals surface area (Å²) in [6.07, 6.45) is 5.97. The molecule has 0 aliphatic carbocycles. The minimum absolute atomic E-state index is 0.0857. The lowest BCUT2D eigenvalue weighted by atomic mass is 9.76. The van der Waals surface area contributed by atoms with E-state index in [1.165, 1.54) is 0 Å². The summed E-state index contributed by atoms with van der Waals surface area (Å²) in [5.41, 5.74) is -1.35. The highest BCUT2D eigenvalue weighted by Gasteiger charge is 2.40. The van der Waals surface area contributed by atoms with Crippen molar-refractivity contribution in [2.24, 2.45) is 10.8 Å². The van der Waals surface area contributed by atoms with Crippen LogP contribution in [0.15, 0.2) is 0 Å². The molecular formula is C14H19NO4. The maximum atomic E-state index is 12.1. The van der Waals surface area contributed by atoms with Gasteiger partial charge in [0.15, 0.2) is 0 Å². The van der Waals surface area contributed by atoms with E-state index < -0.39 is 28.6 Å². The van der Waals surface area contributed by atoms with Gasteiger partial charge in [0.1, 0.15) is 0 Å². The van der Waals surface area contributed by atoms with Crippen molar-refractivity contribution in [1.29, 1.82) is 0 Å². The van der Waals surface area contributed by atoms with Gasteiger partial charge in [-0.2, -0.15) is 0 Å². The Bertz CT molecular complexity index is 441. The highest BCUT2D eigenvalue weighted by atomic mass is 16.7. The molecule has 2 amide bonds. The predicted molar refractivity (Wildman–Crippen MR) is 68.2 cm³/mol. The Hall–Kier alpha value is -1.83. The van der Waals surface area contributed by atoms with Crippen molar-refractivity contribution in [1.82, 2.24) is 5.06 Å². The second-order valence-corrected chi connectivity index (χ2v) is 6.05. The monoisotopic (exact) mass is 265 g/mol. The first-order chi connectivity index (χ1) is 8.59. The third-order valence-electron chi connectivity index (χ3n) is 3.01. The van der Waals surface area contributed by atoms with Crippen LogP contribution in [0.2, 0.25) is 0 Å². The van der Waals surface area contributed by atoms with Gasteiger partial charge < -0.3 is 4.84 Å². The highest BCUT2D eigenvalue weighted by molar-refractivity contribution is 6.01. The van der Waals surface area contributed by atoms with Gasteiger partial charge in [-0.1, -0.05) is 0 Å². The number of carbonyl (C=O) groups excluding carboxylic acids is 3. The molecule has 0 aromatic heterocycles. The fraction of sp³-hybridized carbons (Fsp3) is 0.643. The van der Waals surface area contributed by atoms with Crippen LogP contribution in [0.3, 0.4) is 0 Å². The van der Waals surface area contributed by atoms with Crippen LogP contribution >= 0.6 is 0 Å². The van der Waals surface area contributed by atoms with Crippen LogP contribution in [0.4, 0.5) is 0 Å². The van der Waals surface area contributed by atoms with Crippen LogP contribution in [-0.4, -0.2) is 22.8 Å². The Labute approximate surface area is 113 Å². The van der Waals surface area contributed by atoms with Gasteiger partial charge in [-0.25, -0.2) is 4.79 Å². The lowest BCUT2D eigenvalue weighted by Crippen LogP contribution is -2.39. The average Bonchev–Trinajstić information content (AvgIpc) is 2.59. The first-order valence-electron chi connectivity index (χ1n) is 6.15. The summed E-state index contributed by atoms with van der Waals surface area (Å²) in [5, 5.41) is 0.562. The van der Waals surface area contributed by atoms with Crippen molar-refractivity contribution in [3.05, 3.63) is 0 Å². The Balaban J connectivity index is 2.74. The summed E-state index contributed by atoms with van der Waals surface area (Å²) in [5.74, 6) is 1.02. The van der Waals surface area contributed by atoms with Crippen LogP contribution in [0, 0.1) is 23.2 Å². The van der Waals surface area contributed by atoms with Gasteiger partial charge in [-0.05, 0) is 34.1 Å². The molecule has 1 aliphatic rings. The van der Waals surface area contributed by atoms with E-state index >= 15 is 0 Å². The maximum absolute atomic E-state index is 12.1. The largest absolute Gasteiger partial charge is 0.338 e. The molecule has 0 aromatic carbocycles. The smallest absolute Gasteiger partial charge is 0.330 e. The molecule has 0 bridgehead atoms. The van der Waals surface area contributed by atoms with E-state index in [1.807, 2.05) is 13.8 Å². The molecule has 1 aliphatic heterocycles. The van der Waals surface area contributed by atoms with Gasteiger partial charge in [0, 0.05) is 18.3 Å². The Kier molecular flexibility index (Phi) is 4.04. The van der Waals surface area contributed by atoms with Crippen molar-refractivity contribution in [2.75, 3.05) is 0 Å². The zero-order valence-electron chi connectivity index (χ0n) is 11.8. The van der Waals surface area contributed by atoms with E-state index in [-0.39, 0.29) is 12.8 Å². The lowest BCUT2D eigenvalue weighted by Gasteiger charge is -2.30. The van der Waals surface area contributed by atoms with Crippen molar-refractivity contribution in [2.45, 2.75) is 47.0 Å². The van der Waals surface area contributed by atoms with Crippen molar-refractivity contribution in [3.63, 3.8) is 0 Å². The summed E-state index contributed by atoms with van der Waals surface area (Å²) < 4.78 is 0. The van der Waals surface area contributed by atoms with Crippen LogP contribution in [0.5, 0.6) is 0 Å². The van der Waals surface area contributed by atoms with Crippen LogP contribution in [0.25, 0.3) is 0 Å². The molecule has 19 heavy (non-hydrogen) atoms. The van der Waals surface area contributed by atoms with Crippen LogP contribution in [0.1, 0.15) is 47.0 Å². The maximum Gasteiger partial charge on any atom is 0.338 e. The zero-order valence-corrected chi connectivity index (χ0v) is 11.8. The topological polar surface area (TPSA) is 63.7 Å². The number of amides is 2. The number of hydroxylamine groups is 2. The molecular weight excluding hydrogens is 246 g/mol. The Morgan fingerprint density at radius 1 is 1.26 bits per heavy atom. The first-order valence-corrected chi connectivity index (χ1v) is 6.15.